The van der Waals surface area contributed by atoms with Crippen LogP contribution in [0.5, 0.6) is 0 Å². The van der Waals surface area contributed by atoms with E-state index >= 15 is 0 Å². The van der Waals surface area contributed by atoms with Gasteiger partial charge in [0.15, 0.2) is 5.12 Å². The van der Waals surface area contributed by atoms with Crippen LogP contribution < -0.4 is 11.5 Å². The normalized spacial score (nSPS) is 10.4. The number of hydrogen-bond acceptors (Lipinski definition) is 4. The molecule has 0 heterocycles. The van der Waals surface area contributed by atoms with Crippen LogP contribution in [-0.4, -0.2) is 24.0 Å². The van der Waals surface area contributed by atoms with E-state index in [0.29, 0.717) is 13.1 Å². The van der Waals surface area contributed by atoms with Crippen LogP contribution in [0, 0.1) is 5.92 Å². The molecule has 0 atom stereocenters. The van der Waals surface area contributed by atoms with Crippen LogP contribution in [0.4, 0.5) is 0 Å². The Morgan fingerprint density at radius 2 is 2.00 bits per heavy atom. The predicted molar refractivity (Wildman–Crippen MR) is 44.7 cm³/mol. The molecule has 4 N–H and O–H groups in total. The highest BCUT2D eigenvalue weighted by atomic mass is 32.2. The lowest BCUT2D eigenvalue weighted by Crippen LogP contribution is -2.25. The maximum Gasteiger partial charge on any atom is 0.185 e. The number of carbonyl (C=O) groups is 1. The zero-order valence-corrected chi connectivity index (χ0v) is 6.99. The van der Waals surface area contributed by atoms with E-state index in [2.05, 4.69) is 0 Å². The molecule has 60 valence electrons. The first kappa shape index (κ1) is 9.94. The Labute approximate surface area is 65.5 Å². The van der Waals surface area contributed by atoms with Gasteiger partial charge in [-0.3, -0.25) is 4.79 Å². The summed E-state index contributed by atoms with van der Waals surface area (Å²) in [5.74, 6) is 1.04. The highest BCUT2D eigenvalue weighted by Gasteiger charge is 2.04. The Morgan fingerprint density at radius 1 is 1.50 bits per heavy atom. The molecular formula is C6H14N2OS. The monoisotopic (exact) mass is 162 g/mol. The van der Waals surface area contributed by atoms with Gasteiger partial charge in [-0.2, -0.15) is 0 Å². The van der Waals surface area contributed by atoms with Crippen molar-refractivity contribution in [2.75, 3.05) is 18.8 Å². The van der Waals surface area contributed by atoms with Crippen molar-refractivity contribution >= 4 is 16.9 Å². The Bertz CT molecular complexity index is 104. The number of nitrogens with two attached hydrogens (primary N) is 2. The molecule has 0 rings (SSSR count). The molecule has 0 aliphatic rings. The van der Waals surface area contributed by atoms with Gasteiger partial charge in [-0.25, -0.2) is 0 Å². The summed E-state index contributed by atoms with van der Waals surface area (Å²) in [7, 11) is 0. The van der Waals surface area contributed by atoms with Gasteiger partial charge in [0.25, 0.3) is 0 Å². The molecule has 0 aliphatic heterocycles. The van der Waals surface area contributed by atoms with Crippen LogP contribution in [-0.2, 0) is 4.79 Å². The zero-order chi connectivity index (χ0) is 7.98. The third-order valence-corrected chi connectivity index (χ3v) is 2.23. The maximum atomic E-state index is 10.5. The lowest BCUT2D eigenvalue weighted by atomic mass is 10.2. The van der Waals surface area contributed by atoms with Gasteiger partial charge in [-0.15, -0.1) is 0 Å². The van der Waals surface area contributed by atoms with Gasteiger partial charge >= 0.3 is 0 Å². The second-order valence-electron chi connectivity index (χ2n) is 2.14. The molecule has 4 heteroatoms. The summed E-state index contributed by atoms with van der Waals surface area (Å²) in [6.45, 7) is 2.68. The molecular weight excluding hydrogens is 148 g/mol. The molecule has 0 unspecified atom stereocenters. The fraction of sp³-hybridized carbons (Fsp3) is 0.833. The number of thioether (sulfide) groups is 1. The molecule has 10 heavy (non-hydrogen) atoms. The maximum absolute atomic E-state index is 10.5. The second kappa shape index (κ2) is 5.70. The van der Waals surface area contributed by atoms with E-state index in [9.17, 15) is 4.79 Å². The largest absolute Gasteiger partial charge is 0.330 e. The molecule has 0 radical (unpaired) electrons. The average Bonchev–Trinajstić information content (AvgIpc) is 1.90. The van der Waals surface area contributed by atoms with Gasteiger partial charge in [0.2, 0.25) is 0 Å². The van der Waals surface area contributed by atoms with E-state index < -0.39 is 0 Å². The molecule has 0 saturated carbocycles. The minimum Gasteiger partial charge on any atom is -0.330 e. The van der Waals surface area contributed by atoms with Crippen LogP contribution in [0.3, 0.4) is 0 Å². The molecule has 0 aliphatic carbocycles. The van der Waals surface area contributed by atoms with E-state index in [0.717, 1.165) is 5.75 Å². The van der Waals surface area contributed by atoms with Crippen molar-refractivity contribution in [3.05, 3.63) is 0 Å². The van der Waals surface area contributed by atoms with Crippen molar-refractivity contribution in [1.29, 1.82) is 0 Å². The Balaban J connectivity index is 3.34. The first-order valence-corrected chi connectivity index (χ1v) is 4.22. The van der Waals surface area contributed by atoms with Crippen LogP contribution in [0.2, 0.25) is 0 Å². The highest BCUT2D eigenvalue weighted by Crippen LogP contribution is 2.06. The Morgan fingerprint density at radius 3 is 2.30 bits per heavy atom. The molecule has 0 aromatic carbocycles. The molecule has 0 spiro atoms. The topological polar surface area (TPSA) is 69.1 Å². The first-order chi connectivity index (χ1) is 4.70. The van der Waals surface area contributed by atoms with Gasteiger partial charge < -0.3 is 11.5 Å². The quantitative estimate of drug-likeness (QED) is 0.600. The average molecular weight is 162 g/mol. The molecule has 3 nitrogen and oxygen atoms in total. The van der Waals surface area contributed by atoms with E-state index in [-0.39, 0.29) is 11.0 Å². The number of rotatable bonds is 4. The van der Waals surface area contributed by atoms with Gasteiger partial charge in [0.1, 0.15) is 0 Å². The summed E-state index contributed by atoms with van der Waals surface area (Å²) in [5, 5.41) is 0.131. The van der Waals surface area contributed by atoms with Gasteiger partial charge in [0.05, 0.1) is 0 Å². The summed E-state index contributed by atoms with van der Waals surface area (Å²) >= 11 is 1.29. The van der Waals surface area contributed by atoms with Crippen LogP contribution >= 0.6 is 11.8 Å². The van der Waals surface area contributed by atoms with Crippen molar-refractivity contribution in [3.8, 4) is 0 Å². The Hall–Kier alpha value is -0.0600. The molecule has 0 aromatic rings. The summed E-state index contributed by atoms with van der Waals surface area (Å²) in [6.07, 6.45) is 0. The second-order valence-corrected chi connectivity index (χ2v) is 3.34. The smallest absolute Gasteiger partial charge is 0.185 e. The predicted octanol–water partition coefficient (Wildman–Crippen LogP) is -0.200. The minimum absolute atomic E-state index is 0.131. The van der Waals surface area contributed by atoms with Crippen molar-refractivity contribution < 1.29 is 4.79 Å². The lowest BCUT2D eigenvalue weighted by Gasteiger charge is -2.08. The lowest BCUT2D eigenvalue weighted by molar-refractivity contribution is -0.109. The van der Waals surface area contributed by atoms with Crippen molar-refractivity contribution in [1.82, 2.24) is 0 Å². The van der Waals surface area contributed by atoms with E-state index in [1.165, 1.54) is 11.8 Å². The molecule has 0 aromatic heterocycles. The Kier molecular flexibility index (Phi) is 5.67. The van der Waals surface area contributed by atoms with E-state index in [4.69, 9.17) is 11.5 Å². The zero-order valence-electron chi connectivity index (χ0n) is 6.17. The fourth-order valence-corrected chi connectivity index (χ4v) is 1.21. The fourth-order valence-electron chi connectivity index (χ4n) is 0.468. The molecule has 0 fully saturated rings. The summed E-state index contributed by atoms with van der Waals surface area (Å²) < 4.78 is 0. The number of hydrogen-bond donors (Lipinski definition) is 2. The molecule has 0 bridgehead atoms. The third-order valence-electron chi connectivity index (χ3n) is 1.19. The van der Waals surface area contributed by atoms with Gasteiger partial charge in [0, 0.05) is 12.7 Å². The third kappa shape index (κ3) is 4.78. The van der Waals surface area contributed by atoms with Crippen molar-refractivity contribution in [3.63, 3.8) is 0 Å². The summed E-state index contributed by atoms with van der Waals surface area (Å²) in [5.41, 5.74) is 10.7. The van der Waals surface area contributed by atoms with E-state index in [1.807, 2.05) is 0 Å². The van der Waals surface area contributed by atoms with Crippen molar-refractivity contribution in [2.24, 2.45) is 17.4 Å². The van der Waals surface area contributed by atoms with E-state index in [1.54, 1.807) is 6.92 Å². The first-order valence-electron chi connectivity index (χ1n) is 3.24. The highest BCUT2D eigenvalue weighted by molar-refractivity contribution is 8.13. The SMILES string of the molecule is CC(=O)SCC(CN)CN. The van der Waals surface area contributed by atoms with Crippen molar-refractivity contribution in [2.45, 2.75) is 6.92 Å². The van der Waals surface area contributed by atoms with Gasteiger partial charge in [-0.1, -0.05) is 11.8 Å². The van der Waals surface area contributed by atoms with Crippen LogP contribution in [0.25, 0.3) is 0 Å². The van der Waals surface area contributed by atoms with Crippen LogP contribution in [0.1, 0.15) is 6.92 Å². The standard InChI is InChI=1S/C6H14N2OS/c1-5(9)10-4-6(2-7)3-8/h6H,2-4,7-8H2,1H3. The van der Waals surface area contributed by atoms with Crippen LogP contribution in [0.15, 0.2) is 0 Å². The minimum atomic E-state index is 0.131. The molecule has 0 amide bonds. The van der Waals surface area contributed by atoms with Gasteiger partial charge in [-0.05, 0) is 19.0 Å². The summed E-state index contributed by atoms with van der Waals surface area (Å²) in [4.78, 5) is 10.5. The molecule has 0 saturated heterocycles. The number of carbonyl (C=O) groups excluding carboxylic acids is 1. The summed E-state index contributed by atoms with van der Waals surface area (Å²) in [6, 6.07) is 0.